The standard InChI is InChI=1S/C22H33N3O3/c1-22(2,3)28-21(27)25-15-7-8-17(16-25)20(26)23-18-9-11-19(12-10-18)24-13-5-4-6-14-24/h9-12,17H,4-8,13-16H2,1-3H3,(H,23,26). The molecule has 1 N–H and O–H groups in total. The number of nitrogens with zero attached hydrogens (tertiary/aromatic N) is 2. The lowest BCUT2D eigenvalue weighted by Crippen LogP contribution is -2.45. The number of anilines is 2. The van der Waals surface area contributed by atoms with Crippen LogP contribution < -0.4 is 10.2 Å². The molecule has 3 rings (SSSR count). The predicted octanol–water partition coefficient (Wildman–Crippen LogP) is 4.26. The van der Waals surface area contributed by atoms with Crippen molar-refractivity contribution >= 4 is 23.4 Å². The summed E-state index contributed by atoms with van der Waals surface area (Å²) in [6.45, 7) is 8.82. The van der Waals surface area contributed by atoms with E-state index >= 15 is 0 Å². The molecule has 1 aromatic rings. The lowest BCUT2D eigenvalue weighted by molar-refractivity contribution is -0.121. The summed E-state index contributed by atoms with van der Waals surface area (Å²) < 4.78 is 5.44. The summed E-state index contributed by atoms with van der Waals surface area (Å²) in [5.74, 6) is -0.234. The Bertz CT molecular complexity index is 675. The third kappa shape index (κ3) is 5.63. The summed E-state index contributed by atoms with van der Waals surface area (Å²) >= 11 is 0. The van der Waals surface area contributed by atoms with Gasteiger partial charge in [0.25, 0.3) is 0 Å². The van der Waals surface area contributed by atoms with Crippen LogP contribution in [0.15, 0.2) is 24.3 Å². The average molecular weight is 388 g/mol. The Balaban J connectivity index is 1.54. The highest BCUT2D eigenvalue weighted by Gasteiger charge is 2.31. The Morgan fingerprint density at radius 3 is 2.32 bits per heavy atom. The van der Waals surface area contributed by atoms with E-state index in [-0.39, 0.29) is 17.9 Å². The summed E-state index contributed by atoms with van der Waals surface area (Å²) in [5.41, 5.74) is 1.49. The zero-order valence-corrected chi connectivity index (χ0v) is 17.4. The molecule has 0 bridgehead atoms. The highest BCUT2D eigenvalue weighted by Crippen LogP contribution is 2.24. The fraction of sp³-hybridized carbons (Fsp3) is 0.636. The van der Waals surface area contributed by atoms with Gasteiger partial charge in [0, 0.05) is 37.6 Å². The molecule has 6 heteroatoms. The molecule has 28 heavy (non-hydrogen) atoms. The van der Waals surface area contributed by atoms with Crippen LogP contribution >= 0.6 is 0 Å². The van der Waals surface area contributed by atoms with Crippen LogP contribution in [0.1, 0.15) is 52.9 Å². The minimum Gasteiger partial charge on any atom is -0.444 e. The Labute approximate surface area is 168 Å². The second kappa shape index (κ2) is 8.84. The number of rotatable bonds is 3. The van der Waals surface area contributed by atoms with Crippen molar-refractivity contribution in [1.29, 1.82) is 0 Å². The molecule has 0 spiro atoms. The van der Waals surface area contributed by atoms with Gasteiger partial charge in [-0.25, -0.2) is 4.79 Å². The molecule has 154 valence electrons. The molecule has 1 aromatic carbocycles. The van der Waals surface area contributed by atoms with Crippen LogP contribution in [0.5, 0.6) is 0 Å². The molecular formula is C22H33N3O3. The maximum Gasteiger partial charge on any atom is 0.410 e. The van der Waals surface area contributed by atoms with Gasteiger partial charge in [0.15, 0.2) is 0 Å². The van der Waals surface area contributed by atoms with Crippen molar-refractivity contribution in [3.8, 4) is 0 Å². The average Bonchev–Trinajstić information content (AvgIpc) is 2.68. The van der Waals surface area contributed by atoms with E-state index in [1.165, 1.54) is 24.9 Å². The molecule has 2 amide bonds. The lowest BCUT2D eigenvalue weighted by Gasteiger charge is -2.33. The van der Waals surface area contributed by atoms with Crippen LogP contribution in [0, 0.1) is 5.92 Å². The second-order valence-corrected chi connectivity index (χ2v) is 8.85. The van der Waals surface area contributed by atoms with Crippen LogP contribution in [-0.2, 0) is 9.53 Å². The number of amides is 2. The van der Waals surface area contributed by atoms with E-state index in [0.717, 1.165) is 31.6 Å². The first kappa shape index (κ1) is 20.5. The van der Waals surface area contributed by atoms with E-state index in [1.807, 2.05) is 32.9 Å². The van der Waals surface area contributed by atoms with Gasteiger partial charge < -0.3 is 19.9 Å². The van der Waals surface area contributed by atoms with Crippen molar-refractivity contribution < 1.29 is 14.3 Å². The highest BCUT2D eigenvalue weighted by atomic mass is 16.6. The van der Waals surface area contributed by atoms with E-state index in [9.17, 15) is 9.59 Å². The number of likely N-dealkylation sites (tertiary alicyclic amines) is 1. The zero-order chi connectivity index (χ0) is 20.1. The normalized spacial score (nSPS) is 20.6. The van der Waals surface area contributed by atoms with Crippen LogP contribution in [0.25, 0.3) is 0 Å². The maximum atomic E-state index is 12.7. The van der Waals surface area contributed by atoms with E-state index in [4.69, 9.17) is 4.74 Å². The first-order valence-electron chi connectivity index (χ1n) is 10.5. The summed E-state index contributed by atoms with van der Waals surface area (Å²) in [5, 5.41) is 3.01. The fourth-order valence-electron chi connectivity index (χ4n) is 3.84. The summed E-state index contributed by atoms with van der Waals surface area (Å²) in [7, 11) is 0. The second-order valence-electron chi connectivity index (χ2n) is 8.85. The molecule has 2 fully saturated rings. The van der Waals surface area contributed by atoms with Crippen molar-refractivity contribution in [2.75, 3.05) is 36.4 Å². The van der Waals surface area contributed by atoms with Gasteiger partial charge in [-0.3, -0.25) is 4.79 Å². The van der Waals surface area contributed by atoms with Crippen molar-refractivity contribution in [1.82, 2.24) is 4.90 Å². The SMILES string of the molecule is CC(C)(C)OC(=O)N1CCCC(C(=O)Nc2ccc(N3CCCCC3)cc2)C1. The predicted molar refractivity (Wildman–Crippen MR) is 112 cm³/mol. The Morgan fingerprint density at radius 1 is 1.00 bits per heavy atom. The van der Waals surface area contributed by atoms with Gasteiger partial charge in [-0.1, -0.05) is 0 Å². The number of carbonyl (C=O) groups excluding carboxylic acids is 2. The number of hydrogen-bond donors (Lipinski definition) is 1. The largest absolute Gasteiger partial charge is 0.444 e. The molecule has 0 saturated carbocycles. The van der Waals surface area contributed by atoms with Crippen LogP contribution in [0.2, 0.25) is 0 Å². The summed E-state index contributed by atoms with van der Waals surface area (Å²) in [4.78, 5) is 29.1. The van der Waals surface area contributed by atoms with E-state index in [0.29, 0.717) is 13.1 Å². The maximum absolute atomic E-state index is 12.7. The Morgan fingerprint density at radius 2 is 1.68 bits per heavy atom. The smallest absolute Gasteiger partial charge is 0.410 e. The topological polar surface area (TPSA) is 61.9 Å². The molecule has 2 heterocycles. The quantitative estimate of drug-likeness (QED) is 0.842. The van der Waals surface area contributed by atoms with Crippen molar-refractivity contribution in [3.05, 3.63) is 24.3 Å². The molecule has 6 nitrogen and oxygen atoms in total. The van der Waals surface area contributed by atoms with Crippen LogP contribution in [-0.4, -0.2) is 48.7 Å². The number of ether oxygens (including phenoxy) is 1. The van der Waals surface area contributed by atoms with Gasteiger partial charge >= 0.3 is 6.09 Å². The van der Waals surface area contributed by atoms with Gasteiger partial charge in [-0.2, -0.15) is 0 Å². The fourth-order valence-corrected chi connectivity index (χ4v) is 3.84. The van der Waals surface area contributed by atoms with Crippen LogP contribution in [0.3, 0.4) is 0 Å². The van der Waals surface area contributed by atoms with Crippen molar-refractivity contribution in [3.63, 3.8) is 0 Å². The molecule has 0 aliphatic carbocycles. The van der Waals surface area contributed by atoms with Crippen LogP contribution in [0.4, 0.5) is 16.2 Å². The summed E-state index contributed by atoms with van der Waals surface area (Å²) in [6.07, 6.45) is 5.06. The zero-order valence-electron chi connectivity index (χ0n) is 17.4. The van der Waals surface area contributed by atoms with E-state index < -0.39 is 5.60 Å². The number of nitrogens with one attached hydrogen (secondary N) is 1. The van der Waals surface area contributed by atoms with E-state index in [1.54, 1.807) is 4.90 Å². The molecule has 2 aliphatic rings. The van der Waals surface area contributed by atoms with Gasteiger partial charge in [0.2, 0.25) is 5.91 Å². The molecule has 0 aromatic heterocycles. The van der Waals surface area contributed by atoms with Crippen molar-refractivity contribution in [2.45, 2.75) is 58.5 Å². The molecule has 1 atom stereocenters. The third-order valence-electron chi connectivity index (χ3n) is 5.30. The number of benzene rings is 1. The lowest BCUT2D eigenvalue weighted by atomic mass is 9.97. The van der Waals surface area contributed by atoms with Gasteiger partial charge in [-0.05, 0) is 77.1 Å². The molecule has 1 unspecified atom stereocenters. The minimum atomic E-state index is -0.525. The van der Waals surface area contributed by atoms with Gasteiger partial charge in [-0.15, -0.1) is 0 Å². The molecule has 2 aliphatic heterocycles. The summed E-state index contributed by atoms with van der Waals surface area (Å²) in [6, 6.07) is 8.09. The Kier molecular flexibility index (Phi) is 6.47. The van der Waals surface area contributed by atoms with Gasteiger partial charge in [0.05, 0.1) is 5.92 Å². The molecule has 2 saturated heterocycles. The molecular weight excluding hydrogens is 354 g/mol. The third-order valence-corrected chi connectivity index (χ3v) is 5.30. The van der Waals surface area contributed by atoms with Gasteiger partial charge in [0.1, 0.15) is 5.60 Å². The number of carbonyl (C=O) groups is 2. The monoisotopic (exact) mass is 387 g/mol. The Hall–Kier alpha value is -2.24. The molecule has 0 radical (unpaired) electrons. The van der Waals surface area contributed by atoms with Crippen molar-refractivity contribution in [2.24, 2.45) is 5.92 Å². The number of hydrogen-bond acceptors (Lipinski definition) is 4. The number of piperidine rings is 2. The highest BCUT2D eigenvalue weighted by molar-refractivity contribution is 5.93. The minimum absolute atomic E-state index is 0.0287. The first-order chi connectivity index (χ1) is 13.3. The van der Waals surface area contributed by atoms with E-state index in [2.05, 4.69) is 22.3 Å². The first-order valence-corrected chi connectivity index (χ1v) is 10.5.